The number of nitrogens with zero attached hydrogens (tertiary/aromatic N) is 1. The Balaban J connectivity index is 1.74. The molecule has 0 saturated heterocycles. The van der Waals surface area contributed by atoms with Crippen molar-refractivity contribution in [1.82, 2.24) is 4.57 Å². The molecule has 1 heterocycles. The highest BCUT2D eigenvalue weighted by molar-refractivity contribution is 5.92. The minimum atomic E-state index is -0.439. The van der Waals surface area contributed by atoms with E-state index in [0.29, 0.717) is 11.1 Å². The number of benzene rings is 2. The molecule has 5 nitrogen and oxygen atoms in total. The lowest BCUT2D eigenvalue weighted by atomic mass is 10.1. The highest BCUT2D eigenvalue weighted by Crippen LogP contribution is 2.19. The summed E-state index contributed by atoms with van der Waals surface area (Å²) < 4.78 is 6.65. The van der Waals surface area contributed by atoms with Crippen LogP contribution >= 0.6 is 0 Å². The van der Waals surface area contributed by atoms with Gasteiger partial charge in [0.25, 0.3) is 0 Å². The number of rotatable bonds is 4. The molecule has 3 rings (SSSR count). The standard InChI is InChI=1S/C18H18N2O3/c1-12-6-5-7-13(2)17(12)19-16(21)10-11-20-14-8-3-4-9-15(14)23-18(20)22/h3-9H,10-11H2,1-2H3,(H,19,21). The Morgan fingerprint density at radius 2 is 1.78 bits per heavy atom. The minimum absolute atomic E-state index is 0.125. The first-order chi connectivity index (χ1) is 11.1. The molecule has 0 aliphatic rings. The Morgan fingerprint density at radius 1 is 1.09 bits per heavy atom. The highest BCUT2D eigenvalue weighted by atomic mass is 16.4. The fraction of sp³-hybridized carbons (Fsp3) is 0.222. The average molecular weight is 310 g/mol. The number of hydrogen-bond acceptors (Lipinski definition) is 3. The lowest BCUT2D eigenvalue weighted by molar-refractivity contribution is -0.116. The molecule has 0 aliphatic carbocycles. The summed E-state index contributed by atoms with van der Waals surface area (Å²) in [6.45, 7) is 4.19. The molecule has 5 heteroatoms. The van der Waals surface area contributed by atoms with E-state index in [0.717, 1.165) is 16.8 Å². The van der Waals surface area contributed by atoms with Gasteiger partial charge >= 0.3 is 5.76 Å². The molecule has 0 saturated carbocycles. The fourth-order valence-electron chi connectivity index (χ4n) is 2.65. The van der Waals surface area contributed by atoms with Crippen molar-refractivity contribution in [1.29, 1.82) is 0 Å². The summed E-state index contributed by atoms with van der Waals surface area (Å²) in [6, 6.07) is 13.1. The van der Waals surface area contributed by atoms with Crippen LogP contribution in [-0.2, 0) is 11.3 Å². The molecule has 0 atom stereocenters. The van der Waals surface area contributed by atoms with Gasteiger partial charge in [-0.2, -0.15) is 0 Å². The monoisotopic (exact) mass is 310 g/mol. The SMILES string of the molecule is Cc1cccc(C)c1NC(=O)CCn1c(=O)oc2ccccc21. The van der Waals surface area contributed by atoms with Crippen molar-refractivity contribution in [3.8, 4) is 0 Å². The molecule has 0 spiro atoms. The smallest absolute Gasteiger partial charge is 0.408 e. The van der Waals surface area contributed by atoms with Crippen LogP contribution in [0, 0.1) is 13.8 Å². The number of carbonyl (C=O) groups is 1. The average Bonchev–Trinajstić information content (AvgIpc) is 2.84. The molecular weight excluding hydrogens is 292 g/mol. The van der Waals surface area contributed by atoms with Crippen LogP contribution in [0.5, 0.6) is 0 Å². The molecule has 0 radical (unpaired) electrons. The van der Waals surface area contributed by atoms with Crippen LogP contribution in [0.4, 0.5) is 5.69 Å². The van der Waals surface area contributed by atoms with Crippen molar-refractivity contribution < 1.29 is 9.21 Å². The number of amides is 1. The molecule has 1 N–H and O–H groups in total. The van der Waals surface area contributed by atoms with Crippen molar-refractivity contribution >= 4 is 22.7 Å². The fourth-order valence-corrected chi connectivity index (χ4v) is 2.65. The Kier molecular flexibility index (Phi) is 4.02. The van der Waals surface area contributed by atoms with Crippen LogP contribution in [0.1, 0.15) is 17.5 Å². The summed E-state index contributed by atoms with van der Waals surface area (Å²) in [7, 11) is 0. The van der Waals surface area contributed by atoms with Gasteiger partial charge < -0.3 is 9.73 Å². The zero-order valence-corrected chi connectivity index (χ0v) is 13.1. The molecule has 0 fully saturated rings. The quantitative estimate of drug-likeness (QED) is 0.804. The molecule has 0 aliphatic heterocycles. The number of anilines is 1. The Labute approximate surface area is 133 Å². The summed E-state index contributed by atoms with van der Waals surface area (Å²) in [5, 5.41) is 2.92. The first-order valence-electron chi connectivity index (χ1n) is 7.50. The van der Waals surface area contributed by atoms with E-state index in [1.807, 2.05) is 50.2 Å². The van der Waals surface area contributed by atoms with E-state index in [4.69, 9.17) is 4.42 Å². The number of oxazole rings is 1. The third-order valence-electron chi connectivity index (χ3n) is 3.88. The maximum absolute atomic E-state index is 12.2. The van der Waals surface area contributed by atoms with Gasteiger partial charge in [0, 0.05) is 18.7 Å². The summed E-state index contributed by atoms with van der Waals surface area (Å²) in [6.07, 6.45) is 0.206. The molecule has 3 aromatic rings. The largest absolute Gasteiger partial charge is 0.419 e. The Bertz CT molecular complexity index is 901. The van der Waals surface area contributed by atoms with Crippen LogP contribution < -0.4 is 11.1 Å². The lowest BCUT2D eigenvalue weighted by Crippen LogP contribution is -2.20. The number of para-hydroxylation sites is 3. The highest BCUT2D eigenvalue weighted by Gasteiger charge is 2.11. The maximum atomic E-state index is 12.2. The second kappa shape index (κ2) is 6.12. The number of hydrogen-bond donors (Lipinski definition) is 1. The van der Waals surface area contributed by atoms with Gasteiger partial charge in [-0.15, -0.1) is 0 Å². The normalized spacial score (nSPS) is 10.9. The van der Waals surface area contributed by atoms with Gasteiger partial charge in [-0.3, -0.25) is 9.36 Å². The van der Waals surface area contributed by atoms with Crippen molar-refractivity contribution in [3.05, 3.63) is 64.1 Å². The maximum Gasteiger partial charge on any atom is 0.419 e. The Morgan fingerprint density at radius 3 is 2.52 bits per heavy atom. The summed E-state index contributed by atoms with van der Waals surface area (Å²) in [5.74, 6) is -0.564. The number of aryl methyl sites for hydroxylation is 3. The Hall–Kier alpha value is -2.82. The van der Waals surface area contributed by atoms with E-state index in [1.54, 1.807) is 6.07 Å². The lowest BCUT2D eigenvalue weighted by Gasteiger charge is -2.11. The van der Waals surface area contributed by atoms with Crippen LogP contribution in [0.2, 0.25) is 0 Å². The van der Waals surface area contributed by atoms with Gasteiger partial charge in [0.05, 0.1) is 5.52 Å². The van der Waals surface area contributed by atoms with E-state index in [9.17, 15) is 9.59 Å². The van der Waals surface area contributed by atoms with Gasteiger partial charge in [-0.05, 0) is 37.1 Å². The van der Waals surface area contributed by atoms with Crippen molar-refractivity contribution in [2.45, 2.75) is 26.8 Å². The predicted molar refractivity (Wildman–Crippen MR) is 89.6 cm³/mol. The van der Waals surface area contributed by atoms with Gasteiger partial charge in [-0.1, -0.05) is 30.3 Å². The van der Waals surface area contributed by atoms with Crippen LogP contribution in [-0.4, -0.2) is 10.5 Å². The molecule has 0 unspecified atom stereocenters. The van der Waals surface area contributed by atoms with Crippen LogP contribution in [0.15, 0.2) is 51.7 Å². The summed E-state index contributed by atoms with van der Waals surface area (Å²) in [4.78, 5) is 24.1. The van der Waals surface area contributed by atoms with Crippen LogP contribution in [0.3, 0.4) is 0 Å². The summed E-state index contributed by atoms with van der Waals surface area (Å²) in [5.41, 5.74) is 4.11. The zero-order valence-electron chi connectivity index (χ0n) is 13.1. The number of nitrogens with one attached hydrogen (secondary N) is 1. The third kappa shape index (κ3) is 3.04. The number of aromatic nitrogens is 1. The minimum Gasteiger partial charge on any atom is -0.408 e. The van der Waals surface area contributed by atoms with E-state index < -0.39 is 5.76 Å². The van der Waals surface area contributed by atoms with E-state index >= 15 is 0 Å². The molecule has 1 aromatic heterocycles. The van der Waals surface area contributed by atoms with Crippen molar-refractivity contribution in [3.63, 3.8) is 0 Å². The first-order valence-corrected chi connectivity index (χ1v) is 7.50. The summed E-state index contributed by atoms with van der Waals surface area (Å²) >= 11 is 0. The van der Waals surface area contributed by atoms with Gasteiger partial charge in [-0.25, -0.2) is 4.79 Å². The third-order valence-corrected chi connectivity index (χ3v) is 3.88. The number of carbonyl (C=O) groups excluding carboxylic acids is 1. The molecular formula is C18H18N2O3. The van der Waals surface area contributed by atoms with Gasteiger partial charge in [0.2, 0.25) is 5.91 Å². The molecule has 23 heavy (non-hydrogen) atoms. The second-order valence-corrected chi connectivity index (χ2v) is 5.55. The van der Waals surface area contributed by atoms with Gasteiger partial charge in [0.15, 0.2) is 5.58 Å². The predicted octanol–water partition coefficient (Wildman–Crippen LogP) is 3.24. The molecule has 1 amide bonds. The topological polar surface area (TPSA) is 64.2 Å². The van der Waals surface area contributed by atoms with E-state index in [-0.39, 0.29) is 18.9 Å². The van der Waals surface area contributed by atoms with E-state index in [2.05, 4.69) is 5.32 Å². The van der Waals surface area contributed by atoms with Crippen molar-refractivity contribution in [2.24, 2.45) is 0 Å². The molecule has 118 valence electrons. The zero-order chi connectivity index (χ0) is 16.4. The van der Waals surface area contributed by atoms with Crippen LogP contribution in [0.25, 0.3) is 11.1 Å². The van der Waals surface area contributed by atoms with Gasteiger partial charge in [0.1, 0.15) is 0 Å². The first kappa shape index (κ1) is 15.1. The second-order valence-electron chi connectivity index (χ2n) is 5.55. The van der Waals surface area contributed by atoms with Crippen molar-refractivity contribution in [2.75, 3.05) is 5.32 Å². The number of fused-ring (bicyclic) bond motifs is 1. The molecule has 2 aromatic carbocycles. The van der Waals surface area contributed by atoms with E-state index in [1.165, 1.54) is 4.57 Å². The molecule has 0 bridgehead atoms.